The fourth-order valence-corrected chi connectivity index (χ4v) is 3.49. The van der Waals surface area contributed by atoms with Gasteiger partial charge in [-0.15, -0.1) is 0 Å². The largest absolute Gasteiger partial charge is 0.341 e. The number of benzene rings is 2. The van der Waals surface area contributed by atoms with Gasteiger partial charge in [0.25, 0.3) is 0 Å². The van der Waals surface area contributed by atoms with E-state index < -0.39 is 0 Å². The molecule has 0 saturated carbocycles. The zero-order chi connectivity index (χ0) is 19.3. The highest BCUT2D eigenvalue weighted by molar-refractivity contribution is 5.79. The molecule has 2 heterocycles. The molecule has 4 rings (SSSR count). The maximum atomic E-state index is 13.0. The summed E-state index contributed by atoms with van der Waals surface area (Å²) in [5.41, 5.74) is 3.24. The molecular weight excluding hydrogens is 355 g/mol. The lowest BCUT2D eigenvalue weighted by Gasteiger charge is -2.17. The maximum Gasteiger partial charge on any atom is 0.224 e. The third kappa shape index (κ3) is 4.46. The molecule has 3 aromatic rings. The average molecular weight is 378 g/mol. The van der Waals surface area contributed by atoms with Gasteiger partial charge in [0, 0.05) is 44.5 Å². The van der Waals surface area contributed by atoms with Crippen molar-refractivity contribution in [2.75, 3.05) is 13.1 Å². The fraction of sp³-hybridized carbons (Fsp3) is 0.273. The molecule has 2 aromatic carbocycles. The minimum atomic E-state index is -0.233. The number of halogens is 1. The van der Waals surface area contributed by atoms with Crippen molar-refractivity contribution < 1.29 is 9.18 Å². The van der Waals surface area contributed by atoms with Crippen LogP contribution in [0, 0.1) is 5.82 Å². The molecule has 0 bridgehead atoms. The second-order valence-corrected chi connectivity index (χ2v) is 7.12. The summed E-state index contributed by atoms with van der Waals surface area (Å²) in [6, 6.07) is 16.8. The van der Waals surface area contributed by atoms with E-state index in [4.69, 9.17) is 0 Å². The molecule has 0 radical (unpaired) electrons. The molecule has 28 heavy (non-hydrogen) atoms. The van der Waals surface area contributed by atoms with Crippen LogP contribution in [0.25, 0.3) is 5.69 Å². The zero-order valence-corrected chi connectivity index (χ0v) is 15.6. The molecule has 1 fully saturated rings. The minimum absolute atomic E-state index is 0.159. The van der Waals surface area contributed by atoms with Gasteiger partial charge in [0.15, 0.2) is 0 Å². The van der Waals surface area contributed by atoms with Gasteiger partial charge in [-0.3, -0.25) is 4.79 Å². The first kappa shape index (κ1) is 18.4. The van der Waals surface area contributed by atoms with Gasteiger partial charge in [0.1, 0.15) is 5.82 Å². The lowest BCUT2D eigenvalue weighted by Crippen LogP contribution is -2.33. The Balaban J connectivity index is 1.25. The SMILES string of the molecule is O=C1C[C@H](NCc2ccc(-n3cccn3)cc2)CN1CCc1ccc(F)cc1. The summed E-state index contributed by atoms with van der Waals surface area (Å²) in [7, 11) is 0. The molecule has 144 valence electrons. The summed E-state index contributed by atoms with van der Waals surface area (Å²) < 4.78 is 14.8. The number of likely N-dealkylation sites (tertiary alicyclic amines) is 1. The number of hydrogen-bond acceptors (Lipinski definition) is 3. The van der Waals surface area contributed by atoms with Crippen molar-refractivity contribution in [2.24, 2.45) is 0 Å². The quantitative estimate of drug-likeness (QED) is 0.688. The van der Waals surface area contributed by atoms with Crippen LogP contribution in [0.1, 0.15) is 17.5 Å². The minimum Gasteiger partial charge on any atom is -0.341 e. The fourth-order valence-electron chi connectivity index (χ4n) is 3.49. The van der Waals surface area contributed by atoms with E-state index in [2.05, 4.69) is 22.5 Å². The summed E-state index contributed by atoms with van der Waals surface area (Å²) in [6.07, 6.45) is 4.94. The van der Waals surface area contributed by atoms with Crippen LogP contribution < -0.4 is 5.32 Å². The summed E-state index contributed by atoms with van der Waals surface area (Å²) >= 11 is 0. The Morgan fingerprint density at radius 1 is 1.07 bits per heavy atom. The molecule has 1 N–H and O–H groups in total. The lowest BCUT2D eigenvalue weighted by atomic mass is 10.1. The number of nitrogens with zero attached hydrogens (tertiary/aromatic N) is 3. The number of rotatable bonds is 7. The van der Waals surface area contributed by atoms with Crippen LogP contribution in [0.4, 0.5) is 4.39 Å². The summed E-state index contributed by atoms with van der Waals surface area (Å²) in [4.78, 5) is 14.2. The van der Waals surface area contributed by atoms with Crippen LogP contribution in [-0.4, -0.2) is 39.7 Å². The molecule has 5 nitrogen and oxygen atoms in total. The third-order valence-electron chi connectivity index (χ3n) is 5.10. The molecule has 1 aliphatic heterocycles. The molecule has 1 amide bonds. The van der Waals surface area contributed by atoms with Gasteiger partial charge in [0.2, 0.25) is 5.91 Å². The Labute approximate surface area is 163 Å². The highest BCUT2D eigenvalue weighted by Gasteiger charge is 2.28. The zero-order valence-electron chi connectivity index (χ0n) is 15.6. The summed E-state index contributed by atoms with van der Waals surface area (Å²) in [5.74, 6) is -0.0587. The normalized spacial score (nSPS) is 16.7. The van der Waals surface area contributed by atoms with Crippen LogP contribution in [0.3, 0.4) is 0 Å². The second kappa shape index (κ2) is 8.35. The number of amides is 1. The first-order valence-corrected chi connectivity index (χ1v) is 9.52. The molecule has 1 aromatic heterocycles. The Morgan fingerprint density at radius 3 is 2.54 bits per heavy atom. The maximum absolute atomic E-state index is 13.0. The van der Waals surface area contributed by atoms with Crippen LogP contribution >= 0.6 is 0 Å². The predicted molar refractivity (Wildman–Crippen MR) is 105 cm³/mol. The van der Waals surface area contributed by atoms with E-state index in [1.807, 2.05) is 34.0 Å². The first-order chi connectivity index (χ1) is 13.7. The van der Waals surface area contributed by atoms with Crippen LogP contribution in [0.15, 0.2) is 67.0 Å². The van der Waals surface area contributed by atoms with Crippen molar-refractivity contribution >= 4 is 5.91 Å². The van der Waals surface area contributed by atoms with Crippen molar-refractivity contribution in [3.05, 3.63) is 83.9 Å². The van der Waals surface area contributed by atoms with Crippen molar-refractivity contribution in [3.8, 4) is 5.69 Å². The van der Waals surface area contributed by atoms with Gasteiger partial charge in [-0.2, -0.15) is 5.10 Å². The Kier molecular flexibility index (Phi) is 5.48. The van der Waals surface area contributed by atoms with Crippen molar-refractivity contribution in [1.82, 2.24) is 20.0 Å². The first-order valence-electron chi connectivity index (χ1n) is 9.52. The lowest BCUT2D eigenvalue weighted by molar-refractivity contribution is -0.127. The van der Waals surface area contributed by atoms with E-state index in [9.17, 15) is 9.18 Å². The molecule has 1 saturated heterocycles. The van der Waals surface area contributed by atoms with Gasteiger partial charge in [0.05, 0.1) is 5.69 Å². The smallest absolute Gasteiger partial charge is 0.224 e. The molecule has 0 unspecified atom stereocenters. The van der Waals surface area contributed by atoms with Crippen molar-refractivity contribution in [1.29, 1.82) is 0 Å². The molecule has 1 atom stereocenters. The third-order valence-corrected chi connectivity index (χ3v) is 5.10. The van der Waals surface area contributed by atoms with Gasteiger partial charge >= 0.3 is 0 Å². The molecule has 6 heteroatoms. The monoisotopic (exact) mass is 378 g/mol. The van der Waals surface area contributed by atoms with Crippen molar-refractivity contribution in [3.63, 3.8) is 0 Å². The number of carbonyl (C=O) groups is 1. The topological polar surface area (TPSA) is 50.2 Å². The van der Waals surface area contributed by atoms with Crippen LogP contribution in [0.5, 0.6) is 0 Å². The highest BCUT2D eigenvalue weighted by atomic mass is 19.1. The van der Waals surface area contributed by atoms with E-state index in [0.29, 0.717) is 19.5 Å². The second-order valence-electron chi connectivity index (χ2n) is 7.12. The van der Waals surface area contributed by atoms with Crippen LogP contribution in [0.2, 0.25) is 0 Å². The average Bonchev–Trinajstić information content (AvgIpc) is 3.36. The number of nitrogens with one attached hydrogen (secondary N) is 1. The van der Waals surface area contributed by atoms with Gasteiger partial charge in [-0.05, 0) is 47.9 Å². The van der Waals surface area contributed by atoms with E-state index in [0.717, 1.165) is 24.2 Å². The highest BCUT2D eigenvalue weighted by Crippen LogP contribution is 2.14. The number of hydrogen-bond donors (Lipinski definition) is 1. The van der Waals surface area contributed by atoms with E-state index in [1.54, 1.807) is 18.3 Å². The standard InChI is InChI=1S/C22H23FN4O/c23-19-6-2-17(3-7-19)10-13-26-16-20(14-22(26)28)24-15-18-4-8-21(9-5-18)27-12-1-11-25-27/h1-9,11-12,20,24H,10,13-16H2/t20-/m0/s1. The van der Waals surface area contributed by atoms with Crippen LogP contribution in [-0.2, 0) is 17.8 Å². The Bertz CT molecular complexity index is 907. The Hall–Kier alpha value is -2.99. The van der Waals surface area contributed by atoms with Gasteiger partial charge < -0.3 is 10.2 Å². The number of carbonyl (C=O) groups excluding carboxylic acids is 1. The molecule has 1 aliphatic rings. The Morgan fingerprint density at radius 2 is 1.82 bits per heavy atom. The number of aromatic nitrogens is 2. The predicted octanol–water partition coefficient (Wildman–Crippen LogP) is 2.94. The van der Waals surface area contributed by atoms with Gasteiger partial charge in [-0.1, -0.05) is 24.3 Å². The van der Waals surface area contributed by atoms with E-state index in [-0.39, 0.29) is 17.8 Å². The summed E-state index contributed by atoms with van der Waals surface area (Å²) in [6.45, 7) is 2.11. The van der Waals surface area contributed by atoms with Crippen molar-refractivity contribution in [2.45, 2.75) is 25.4 Å². The molecule has 0 spiro atoms. The van der Waals surface area contributed by atoms with E-state index in [1.165, 1.54) is 17.7 Å². The molecule has 0 aliphatic carbocycles. The molecular formula is C22H23FN4O. The summed E-state index contributed by atoms with van der Waals surface area (Å²) in [5, 5.41) is 7.71. The van der Waals surface area contributed by atoms with E-state index >= 15 is 0 Å². The van der Waals surface area contributed by atoms with Gasteiger partial charge in [-0.25, -0.2) is 9.07 Å².